The Hall–Kier alpha value is -0.670. The minimum atomic E-state index is -1.39. The largest absolute Gasteiger partial charge is 0.242 e. The summed E-state index contributed by atoms with van der Waals surface area (Å²) in [5.74, 6) is 0. The van der Waals surface area contributed by atoms with E-state index in [9.17, 15) is 4.21 Å². The Kier molecular flexibility index (Phi) is 2.23. The van der Waals surface area contributed by atoms with E-state index in [1.807, 2.05) is 0 Å². The van der Waals surface area contributed by atoms with Crippen LogP contribution in [-0.4, -0.2) is 8.96 Å². The Labute approximate surface area is 102 Å². The fourth-order valence-corrected chi connectivity index (χ4v) is 1.66. The van der Waals surface area contributed by atoms with Crippen molar-refractivity contribution in [3.05, 3.63) is 35.8 Å². The van der Waals surface area contributed by atoms with Gasteiger partial charge in [0.2, 0.25) is 0 Å². The molecule has 84 valence electrons. The van der Waals surface area contributed by atoms with Gasteiger partial charge in [0.05, 0.1) is 22.6 Å². The molecule has 1 aromatic rings. The molecule has 0 saturated carbocycles. The van der Waals surface area contributed by atoms with Gasteiger partial charge >= 0.3 is 0 Å². The molecule has 0 spiro atoms. The van der Waals surface area contributed by atoms with Crippen LogP contribution < -0.4 is 4.72 Å². The zero-order valence-corrected chi connectivity index (χ0v) is 10.2. The molecule has 0 aliphatic heterocycles. The van der Waals surface area contributed by atoms with Gasteiger partial charge in [-0.1, -0.05) is 30.2 Å². The van der Waals surface area contributed by atoms with Gasteiger partial charge in [0.1, 0.15) is 0 Å². The molecule has 0 fully saturated rings. The molecular formula is C12H19NOS. The first-order chi connectivity index (χ1) is 8.98. The predicted molar refractivity (Wildman–Crippen MR) is 65.9 cm³/mol. The van der Waals surface area contributed by atoms with E-state index in [0.717, 1.165) is 0 Å². The molecule has 1 rings (SSSR count). The SMILES string of the molecule is [2H]c1c([2H])c([2H])c([C@H](C)N[S@](=O)C(C)(C)C)c([2H])c1[2H]. The normalized spacial score (nSPS) is 20.7. The van der Waals surface area contributed by atoms with Crippen LogP contribution in [0.5, 0.6) is 0 Å². The van der Waals surface area contributed by atoms with Crippen molar-refractivity contribution in [2.75, 3.05) is 0 Å². The third-order valence-electron chi connectivity index (χ3n) is 1.79. The molecule has 0 unspecified atom stereocenters. The van der Waals surface area contributed by atoms with E-state index in [1.54, 1.807) is 27.7 Å². The highest BCUT2D eigenvalue weighted by Gasteiger charge is 2.21. The molecule has 3 heteroatoms. The highest BCUT2D eigenvalue weighted by atomic mass is 32.2. The molecule has 15 heavy (non-hydrogen) atoms. The number of benzene rings is 1. The maximum atomic E-state index is 12.1. The van der Waals surface area contributed by atoms with Gasteiger partial charge in [0, 0.05) is 6.04 Å². The van der Waals surface area contributed by atoms with E-state index in [2.05, 4.69) is 4.72 Å². The van der Waals surface area contributed by atoms with Crippen molar-refractivity contribution < 1.29 is 11.1 Å². The fraction of sp³-hybridized carbons (Fsp3) is 0.500. The third kappa shape index (κ3) is 3.76. The van der Waals surface area contributed by atoms with Crippen LogP contribution >= 0.6 is 0 Å². The van der Waals surface area contributed by atoms with E-state index in [-0.39, 0.29) is 29.7 Å². The minimum Gasteiger partial charge on any atom is -0.242 e. The smallest absolute Gasteiger partial charge is 0.0975 e. The van der Waals surface area contributed by atoms with Crippen molar-refractivity contribution in [3.63, 3.8) is 0 Å². The standard InChI is InChI=1S/C12H19NOS/c1-10(11-8-6-5-7-9-11)13-15(14)12(2,3)4/h5-10,13H,1-4H3/t10-,15+/m0/s1/i5D,6D,7D,8D,9D. The Balaban J connectivity index is 3.24. The van der Waals surface area contributed by atoms with Gasteiger partial charge in [-0.3, -0.25) is 0 Å². The molecule has 1 N–H and O–H groups in total. The Morgan fingerprint density at radius 1 is 1.33 bits per heavy atom. The fourth-order valence-electron chi connectivity index (χ4n) is 0.872. The van der Waals surface area contributed by atoms with Gasteiger partial charge in [0.25, 0.3) is 0 Å². The molecule has 0 bridgehead atoms. The molecule has 0 heterocycles. The van der Waals surface area contributed by atoms with Gasteiger partial charge in [-0.05, 0) is 33.3 Å². The second-order valence-corrected chi connectivity index (χ2v) is 6.26. The van der Waals surface area contributed by atoms with Crippen molar-refractivity contribution in [2.24, 2.45) is 0 Å². The quantitative estimate of drug-likeness (QED) is 0.850. The van der Waals surface area contributed by atoms with Crippen molar-refractivity contribution in [2.45, 2.75) is 38.5 Å². The molecule has 2 nitrogen and oxygen atoms in total. The Bertz CT molecular complexity index is 527. The highest BCUT2D eigenvalue weighted by molar-refractivity contribution is 7.84. The number of rotatable bonds is 3. The van der Waals surface area contributed by atoms with Crippen molar-refractivity contribution in [1.29, 1.82) is 0 Å². The molecule has 0 radical (unpaired) electrons. The Morgan fingerprint density at radius 3 is 2.33 bits per heavy atom. The summed E-state index contributed by atoms with van der Waals surface area (Å²) in [6, 6.07) is -2.31. The second kappa shape index (κ2) is 4.90. The third-order valence-corrected chi connectivity index (χ3v) is 3.47. The predicted octanol–water partition coefficient (Wildman–Crippen LogP) is 2.80. The van der Waals surface area contributed by atoms with E-state index in [0.29, 0.717) is 0 Å². The summed E-state index contributed by atoms with van der Waals surface area (Å²) in [7, 11) is -1.39. The van der Waals surface area contributed by atoms with Crippen LogP contribution in [0.3, 0.4) is 0 Å². The molecular weight excluding hydrogens is 206 g/mol. The zero-order valence-electron chi connectivity index (χ0n) is 14.4. The Morgan fingerprint density at radius 2 is 1.87 bits per heavy atom. The lowest BCUT2D eigenvalue weighted by Crippen LogP contribution is -2.34. The molecule has 1 aromatic carbocycles. The van der Waals surface area contributed by atoms with Gasteiger partial charge in [0.15, 0.2) is 0 Å². The van der Waals surface area contributed by atoms with Crippen LogP contribution in [0.1, 0.15) is 46.2 Å². The summed E-state index contributed by atoms with van der Waals surface area (Å²) in [4.78, 5) is 0. The number of nitrogens with one attached hydrogen (secondary N) is 1. The lowest BCUT2D eigenvalue weighted by molar-refractivity contribution is 0.616. The monoisotopic (exact) mass is 230 g/mol. The maximum Gasteiger partial charge on any atom is 0.0975 e. The molecule has 0 saturated heterocycles. The first kappa shape index (κ1) is 6.81. The van der Waals surface area contributed by atoms with Crippen LogP contribution in [-0.2, 0) is 11.0 Å². The lowest BCUT2D eigenvalue weighted by atomic mass is 10.1. The first-order valence-electron chi connectivity index (χ1n) is 7.23. The second-order valence-electron chi connectivity index (χ2n) is 4.26. The molecule has 0 aliphatic carbocycles. The van der Waals surface area contributed by atoms with E-state index < -0.39 is 27.8 Å². The van der Waals surface area contributed by atoms with Crippen LogP contribution in [0.4, 0.5) is 0 Å². The van der Waals surface area contributed by atoms with Crippen LogP contribution in [0.2, 0.25) is 0 Å². The van der Waals surface area contributed by atoms with Crippen LogP contribution in [0.15, 0.2) is 30.2 Å². The van der Waals surface area contributed by atoms with Gasteiger partial charge in [-0.15, -0.1) is 0 Å². The minimum absolute atomic E-state index is 0.133. The molecule has 2 atom stereocenters. The molecule has 0 aromatic heterocycles. The van der Waals surface area contributed by atoms with Crippen molar-refractivity contribution >= 4 is 11.0 Å². The van der Waals surface area contributed by atoms with Gasteiger partial charge in [-0.2, -0.15) is 0 Å². The van der Waals surface area contributed by atoms with E-state index in [4.69, 9.17) is 6.85 Å². The van der Waals surface area contributed by atoms with Crippen LogP contribution in [0, 0.1) is 0 Å². The average Bonchev–Trinajstić information content (AvgIpc) is 2.33. The van der Waals surface area contributed by atoms with E-state index in [1.165, 1.54) is 0 Å². The molecule has 0 amide bonds. The summed E-state index contributed by atoms with van der Waals surface area (Å²) in [6.07, 6.45) is 0. The summed E-state index contributed by atoms with van der Waals surface area (Å²) >= 11 is 0. The van der Waals surface area contributed by atoms with Gasteiger partial charge < -0.3 is 0 Å². The average molecular weight is 230 g/mol. The highest BCUT2D eigenvalue weighted by Crippen LogP contribution is 2.16. The summed E-state index contributed by atoms with van der Waals surface area (Å²) in [6.45, 7) is 7.03. The van der Waals surface area contributed by atoms with E-state index >= 15 is 0 Å². The van der Waals surface area contributed by atoms with Gasteiger partial charge in [-0.25, -0.2) is 8.93 Å². The molecule has 0 aliphatic rings. The zero-order chi connectivity index (χ0) is 15.8. The summed E-state index contributed by atoms with van der Waals surface area (Å²) in [5, 5.41) is 0. The van der Waals surface area contributed by atoms with Crippen molar-refractivity contribution in [3.8, 4) is 0 Å². The summed E-state index contributed by atoms with van der Waals surface area (Å²) in [5.41, 5.74) is 0.133. The summed E-state index contributed by atoms with van der Waals surface area (Å²) < 4.78 is 52.8. The number of hydrogen-bond acceptors (Lipinski definition) is 1. The topological polar surface area (TPSA) is 29.1 Å². The van der Waals surface area contributed by atoms with Crippen molar-refractivity contribution in [1.82, 2.24) is 4.72 Å². The number of hydrogen-bond donors (Lipinski definition) is 1. The maximum absolute atomic E-state index is 12.1. The lowest BCUT2D eigenvalue weighted by Gasteiger charge is -2.22. The van der Waals surface area contributed by atoms with Crippen LogP contribution in [0.25, 0.3) is 0 Å². The first-order valence-corrected chi connectivity index (χ1v) is 5.88.